The van der Waals surface area contributed by atoms with Gasteiger partial charge in [0.2, 0.25) is 5.82 Å². The first-order valence-corrected chi connectivity index (χ1v) is 6.35. The lowest BCUT2D eigenvalue weighted by atomic mass is 10.1. The van der Waals surface area contributed by atoms with Crippen LogP contribution in [0.15, 0.2) is 12.1 Å². The second kappa shape index (κ2) is 7.02. The summed E-state index contributed by atoms with van der Waals surface area (Å²) in [5, 5.41) is 0. The Bertz CT molecular complexity index is 643. The number of alkyl halides is 3. The zero-order chi connectivity index (χ0) is 18.7. The summed E-state index contributed by atoms with van der Waals surface area (Å²) < 4.78 is 78.4. The van der Waals surface area contributed by atoms with E-state index >= 15 is 0 Å². The maximum atomic E-state index is 13.5. The van der Waals surface area contributed by atoms with Crippen molar-refractivity contribution in [2.75, 3.05) is 14.2 Å². The minimum Gasteiger partial charge on any atom is -0.493 e. The topological polar surface area (TPSA) is 61.8 Å². The SMILES string of the molecule is COC(=O)[C@@](C)(OC(=O)Cc1ccc(F)c(F)c1OC)C(F)(F)F. The highest BCUT2D eigenvalue weighted by Gasteiger charge is 2.61. The first-order chi connectivity index (χ1) is 11.0. The highest BCUT2D eigenvalue weighted by molar-refractivity contribution is 5.84. The van der Waals surface area contributed by atoms with Gasteiger partial charge in [-0.25, -0.2) is 9.18 Å². The Hall–Kier alpha value is -2.39. The number of esters is 2. The number of hydrogen-bond acceptors (Lipinski definition) is 5. The molecule has 1 rings (SSSR count). The van der Waals surface area contributed by atoms with Crippen molar-refractivity contribution in [1.29, 1.82) is 0 Å². The third kappa shape index (κ3) is 3.74. The fourth-order valence-corrected chi connectivity index (χ4v) is 1.76. The molecule has 0 saturated heterocycles. The molecule has 24 heavy (non-hydrogen) atoms. The van der Waals surface area contributed by atoms with Crippen LogP contribution in [-0.4, -0.2) is 37.9 Å². The lowest BCUT2D eigenvalue weighted by Gasteiger charge is -2.28. The second-order valence-electron chi connectivity index (χ2n) is 4.73. The normalized spacial score (nSPS) is 13.8. The molecule has 0 radical (unpaired) electrons. The van der Waals surface area contributed by atoms with E-state index in [0.29, 0.717) is 20.1 Å². The van der Waals surface area contributed by atoms with Gasteiger partial charge < -0.3 is 14.2 Å². The fourth-order valence-electron chi connectivity index (χ4n) is 1.76. The maximum absolute atomic E-state index is 13.5. The van der Waals surface area contributed by atoms with Crippen molar-refractivity contribution in [3.8, 4) is 5.75 Å². The van der Waals surface area contributed by atoms with Gasteiger partial charge in [0.05, 0.1) is 20.6 Å². The zero-order valence-corrected chi connectivity index (χ0v) is 12.8. The highest BCUT2D eigenvalue weighted by Crippen LogP contribution is 2.35. The summed E-state index contributed by atoms with van der Waals surface area (Å²) in [6.45, 7) is 0.319. The number of benzene rings is 1. The van der Waals surface area contributed by atoms with Crippen LogP contribution in [0, 0.1) is 11.6 Å². The van der Waals surface area contributed by atoms with Crippen LogP contribution >= 0.6 is 0 Å². The highest BCUT2D eigenvalue weighted by atomic mass is 19.4. The van der Waals surface area contributed by atoms with Crippen molar-refractivity contribution in [2.24, 2.45) is 0 Å². The lowest BCUT2D eigenvalue weighted by molar-refractivity contribution is -0.264. The molecule has 0 aliphatic rings. The number of halogens is 5. The summed E-state index contributed by atoms with van der Waals surface area (Å²) in [4.78, 5) is 23.1. The average Bonchev–Trinajstić information content (AvgIpc) is 2.49. The van der Waals surface area contributed by atoms with Gasteiger partial charge in [0, 0.05) is 5.56 Å². The summed E-state index contributed by atoms with van der Waals surface area (Å²) in [6.07, 6.45) is -6.13. The monoisotopic (exact) mass is 356 g/mol. The standard InChI is InChI=1S/C14H13F5O5/c1-13(12(21)23-3,14(17,18)19)24-9(20)6-7-4-5-8(15)10(16)11(7)22-2/h4-5H,6H2,1-3H3/t13-/m1/s1. The molecule has 5 nitrogen and oxygen atoms in total. The maximum Gasteiger partial charge on any atom is 0.439 e. The van der Waals surface area contributed by atoms with Gasteiger partial charge >= 0.3 is 18.1 Å². The second-order valence-corrected chi connectivity index (χ2v) is 4.73. The Labute approximate surface area is 133 Å². The molecular weight excluding hydrogens is 343 g/mol. The summed E-state index contributed by atoms with van der Waals surface area (Å²) in [6, 6.07) is 1.62. The van der Waals surface area contributed by atoms with Crippen LogP contribution in [0.4, 0.5) is 22.0 Å². The predicted molar refractivity (Wildman–Crippen MR) is 69.2 cm³/mol. The van der Waals surface area contributed by atoms with Crippen molar-refractivity contribution in [1.82, 2.24) is 0 Å². The first kappa shape index (κ1) is 19.7. The molecular formula is C14H13F5O5. The van der Waals surface area contributed by atoms with Crippen LogP contribution < -0.4 is 4.74 Å². The number of ether oxygens (including phenoxy) is 3. The number of methoxy groups -OCH3 is 2. The van der Waals surface area contributed by atoms with E-state index in [9.17, 15) is 31.5 Å². The molecule has 0 bridgehead atoms. The molecule has 10 heteroatoms. The Balaban J connectivity index is 3.08. The number of carbonyl (C=O) groups is 2. The molecule has 0 aliphatic carbocycles. The Kier molecular flexibility index (Phi) is 5.75. The minimum absolute atomic E-state index is 0.254. The van der Waals surface area contributed by atoms with Gasteiger partial charge in [-0.05, 0) is 13.0 Å². The largest absolute Gasteiger partial charge is 0.493 e. The van der Waals surface area contributed by atoms with Gasteiger partial charge in [0.1, 0.15) is 0 Å². The van der Waals surface area contributed by atoms with Gasteiger partial charge in [-0.3, -0.25) is 4.79 Å². The molecule has 0 heterocycles. The number of carbonyl (C=O) groups excluding carboxylic acids is 2. The van der Waals surface area contributed by atoms with E-state index in [1.807, 2.05) is 0 Å². The van der Waals surface area contributed by atoms with E-state index in [-0.39, 0.29) is 5.56 Å². The van der Waals surface area contributed by atoms with Crippen LogP contribution in [-0.2, 0) is 25.5 Å². The molecule has 0 amide bonds. The van der Waals surface area contributed by atoms with E-state index in [1.54, 1.807) is 0 Å². The minimum atomic E-state index is -5.24. The van der Waals surface area contributed by atoms with Crippen LogP contribution in [0.1, 0.15) is 12.5 Å². The Morgan fingerprint density at radius 2 is 1.71 bits per heavy atom. The molecule has 0 spiro atoms. The fraction of sp³-hybridized carbons (Fsp3) is 0.429. The van der Waals surface area contributed by atoms with Crippen molar-refractivity contribution >= 4 is 11.9 Å². The molecule has 0 N–H and O–H groups in total. The molecule has 0 unspecified atom stereocenters. The summed E-state index contributed by atoms with van der Waals surface area (Å²) in [7, 11) is 1.68. The van der Waals surface area contributed by atoms with Gasteiger partial charge in [-0.15, -0.1) is 0 Å². The average molecular weight is 356 g/mol. The molecule has 0 aromatic heterocycles. The van der Waals surface area contributed by atoms with Gasteiger partial charge in [-0.1, -0.05) is 6.07 Å². The molecule has 1 aromatic rings. The molecule has 1 aromatic carbocycles. The van der Waals surface area contributed by atoms with Crippen molar-refractivity contribution in [3.05, 3.63) is 29.3 Å². The van der Waals surface area contributed by atoms with Gasteiger partial charge in [-0.2, -0.15) is 17.6 Å². The predicted octanol–water partition coefficient (Wildman–Crippen LogP) is 2.55. The molecule has 0 fully saturated rings. The number of rotatable bonds is 5. The van der Waals surface area contributed by atoms with Crippen molar-refractivity contribution in [2.45, 2.75) is 25.1 Å². The van der Waals surface area contributed by atoms with E-state index in [2.05, 4.69) is 14.2 Å². The van der Waals surface area contributed by atoms with E-state index in [4.69, 9.17) is 0 Å². The van der Waals surface area contributed by atoms with Crippen LogP contribution in [0.2, 0.25) is 0 Å². The first-order valence-electron chi connectivity index (χ1n) is 6.35. The van der Waals surface area contributed by atoms with E-state index in [1.165, 1.54) is 0 Å². The Morgan fingerprint density at radius 1 is 1.12 bits per heavy atom. The van der Waals surface area contributed by atoms with Gasteiger partial charge in [0.15, 0.2) is 11.6 Å². The summed E-state index contributed by atoms with van der Waals surface area (Å²) in [5.74, 6) is -6.67. The van der Waals surface area contributed by atoms with Crippen molar-refractivity contribution < 1.29 is 45.8 Å². The van der Waals surface area contributed by atoms with E-state index < -0.39 is 47.5 Å². The molecule has 0 aliphatic heterocycles. The van der Waals surface area contributed by atoms with Crippen LogP contribution in [0.3, 0.4) is 0 Å². The van der Waals surface area contributed by atoms with Crippen LogP contribution in [0.5, 0.6) is 5.75 Å². The quantitative estimate of drug-likeness (QED) is 0.599. The number of hydrogen-bond donors (Lipinski definition) is 0. The summed E-state index contributed by atoms with van der Waals surface area (Å²) >= 11 is 0. The van der Waals surface area contributed by atoms with E-state index in [0.717, 1.165) is 13.2 Å². The third-order valence-corrected chi connectivity index (χ3v) is 3.10. The van der Waals surface area contributed by atoms with Crippen molar-refractivity contribution in [3.63, 3.8) is 0 Å². The molecule has 0 saturated carbocycles. The Morgan fingerprint density at radius 3 is 2.17 bits per heavy atom. The summed E-state index contributed by atoms with van der Waals surface area (Å²) in [5.41, 5.74) is -3.79. The molecule has 1 atom stereocenters. The van der Waals surface area contributed by atoms with Gasteiger partial charge in [0.25, 0.3) is 5.60 Å². The lowest BCUT2D eigenvalue weighted by Crippen LogP contribution is -2.53. The molecule has 134 valence electrons. The van der Waals surface area contributed by atoms with Crippen LogP contribution in [0.25, 0.3) is 0 Å². The third-order valence-electron chi connectivity index (χ3n) is 3.10. The smallest absolute Gasteiger partial charge is 0.439 e. The zero-order valence-electron chi connectivity index (χ0n) is 12.8.